The lowest BCUT2D eigenvalue weighted by atomic mass is 9.90. The highest BCUT2D eigenvalue weighted by molar-refractivity contribution is 6.07. The molecule has 1 aliphatic carbocycles. The van der Waals surface area contributed by atoms with E-state index < -0.39 is 5.54 Å². The Morgan fingerprint density at radius 1 is 0.758 bits per heavy atom. The molecule has 0 bridgehead atoms. The summed E-state index contributed by atoms with van der Waals surface area (Å²) in [4.78, 5) is 32.2. The number of hydrogen-bond donors (Lipinski definition) is 1. The fraction of sp³-hybridized carbons (Fsp3) is 0.481. The van der Waals surface area contributed by atoms with E-state index in [2.05, 4.69) is 75.8 Å². The summed E-state index contributed by atoms with van der Waals surface area (Å²) >= 11 is 0. The number of nitrogens with one attached hydrogen (secondary N) is 1. The Hall–Kier alpha value is -2.70. The monoisotopic (exact) mass is 446 g/mol. The molecule has 0 radical (unpaired) electrons. The molecule has 0 atom stereocenters. The molecule has 2 heterocycles. The van der Waals surface area contributed by atoms with Crippen molar-refractivity contribution in [3.05, 3.63) is 71.8 Å². The van der Waals surface area contributed by atoms with Crippen molar-refractivity contribution in [2.24, 2.45) is 0 Å². The van der Waals surface area contributed by atoms with Crippen LogP contribution in [0.15, 0.2) is 60.7 Å². The number of urea groups is 1. The Bertz CT molecular complexity index is 909. The molecular formula is C27H34N4O2. The van der Waals surface area contributed by atoms with E-state index in [0.717, 1.165) is 64.7 Å². The van der Waals surface area contributed by atoms with Crippen molar-refractivity contribution in [2.75, 3.05) is 32.8 Å². The van der Waals surface area contributed by atoms with E-state index in [4.69, 9.17) is 0 Å². The first-order valence-corrected chi connectivity index (χ1v) is 12.4. The summed E-state index contributed by atoms with van der Waals surface area (Å²) in [7, 11) is 0. The number of imide groups is 1. The number of benzene rings is 2. The van der Waals surface area contributed by atoms with Crippen LogP contribution in [0.4, 0.5) is 4.79 Å². The van der Waals surface area contributed by atoms with Gasteiger partial charge in [-0.25, -0.2) is 9.69 Å². The van der Waals surface area contributed by atoms with Crippen LogP contribution in [0.25, 0.3) is 0 Å². The van der Waals surface area contributed by atoms with Crippen LogP contribution in [-0.2, 0) is 4.79 Å². The average Bonchev–Trinajstić information content (AvgIpc) is 3.00. The largest absolute Gasteiger partial charge is 0.326 e. The summed E-state index contributed by atoms with van der Waals surface area (Å²) in [5, 5.41) is 3.07. The van der Waals surface area contributed by atoms with Gasteiger partial charge in [0.05, 0.1) is 12.7 Å². The van der Waals surface area contributed by atoms with E-state index in [1.807, 2.05) is 0 Å². The van der Waals surface area contributed by atoms with Gasteiger partial charge >= 0.3 is 6.03 Å². The van der Waals surface area contributed by atoms with Crippen LogP contribution in [0, 0.1) is 0 Å². The van der Waals surface area contributed by atoms with Gasteiger partial charge in [-0.1, -0.05) is 86.3 Å². The molecule has 3 amide bonds. The highest BCUT2D eigenvalue weighted by Gasteiger charge is 2.51. The number of nitrogens with zero attached hydrogens (tertiary/aromatic N) is 3. The average molecular weight is 447 g/mol. The number of hydrogen-bond acceptors (Lipinski definition) is 4. The van der Waals surface area contributed by atoms with E-state index in [1.165, 1.54) is 16.0 Å². The SMILES string of the molecule is O=C1NC2(CCCCCC2)C(=O)N1CN1CCN(C(c2ccccc2)c2ccccc2)CC1. The topological polar surface area (TPSA) is 55.9 Å². The number of rotatable bonds is 5. The molecule has 6 heteroatoms. The molecule has 6 nitrogen and oxygen atoms in total. The first-order valence-electron chi connectivity index (χ1n) is 12.4. The van der Waals surface area contributed by atoms with Gasteiger partial charge in [-0.2, -0.15) is 0 Å². The lowest BCUT2D eigenvalue weighted by molar-refractivity contribution is -0.133. The molecule has 1 spiro atoms. The minimum Gasteiger partial charge on any atom is -0.323 e. The highest BCUT2D eigenvalue weighted by atomic mass is 16.2. The van der Waals surface area contributed by atoms with Crippen LogP contribution in [-0.4, -0.2) is 65.0 Å². The maximum atomic E-state index is 13.3. The van der Waals surface area contributed by atoms with Crippen LogP contribution in [0.3, 0.4) is 0 Å². The van der Waals surface area contributed by atoms with E-state index >= 15 is 0 Å². The quantitative estimate of drug-likeness (QED) is 0.706. The Labute approximate surface area is 196 Å². The fourth-order valence-electron chi connectivity index (χ4n) is 5.72. The van der Waals surface area contributed by atoms with Crippen molar-refractivity contribution in [2.45, 2.75) is 50.1 Å². The fourth-order valence-corrected chi connectivity index (χ4v) is 5.72. The van der Waals surface area contributed by atoms with Gasteiger partial charge in [0.1, 0.15) is 5.54 Å². The molecule has 3 aliphatic rings. The van der Waals surface area contributed by atoms with Gasteiger partial charge < -0.3 is 5.32 Å². The van der Waals surface area contributed by atoms with Crippen molar-refractivity contribution in [1.29, 1.82) is 0 Å². The lowest BCUT2D eigenvalue weighted by Crippen LogP contribution is -2.52. The first kappa shape index (κ1) is 22.1. The predicted octanol–water partition coefficient (Wildman–Crippen LogP) is 4.00. The number of carbonyl (C=O) groups excluding carboxylic acids is 2. The van der Waals surface area contributed by atoms with Crippen LogP contribution >= 0.6 is 0 Å². The molecule has 1 N–H and O–H groups in total. The predicted molar refractivity (Wildman–Crippen MR) is 129 cm³/mol. The minimum atomic E-state index is -0.652. The molecule has 0 aromatic heterocycles. The zero-order chi connectivity index (χ0) is 22.7. The van der Waals surface area contributed by atoms with Gasteiger partial charge in [-0.3, -0.25) is 14.6 Å². The second kappa shape index (κ2) is 9.65. The van der Waals surface area contributed by atoms with Crippen LogP contribution in [0.1, 0.15) is 55.7 Å². The van der Waals surface area contributed by atoms with Crippen molar-refractivity contribution in [1.82, 2.24) is 20.0 Å². The summed E-state index contributed by atoms with van der Waals surface area (Å²) in [6.45, 7) is 3.84. The molecule has 2 saturated heterocycles. The third-order valence-electron chi connectivity index (χ3n) is 7.55. The van der Waals surface area contributed by atoms with E-state index in [0.29, 0.717) is 6.67 Å². The van der Waals surface area contributed by atoms with Gasteiger partial charge in [0.25, 0.3) is 5.91 Å². The lowest BCUT2D eigenvalue weighted by Gasteiger charge is -2.40. The third-order valence-corrected chi connectivity index (χ3v) is 7.55. The number of carbonyl (C=O) groups is 2. The van der Waals surface area contributed by atoms with E-state index in [9.17, 15) is 9.59 Å². The summed E-state index contributed by atoms with van der Waals surface area (Å²) in [5.74, 6) is -0.0109. The van der Waals surface area contributed by atoms with Crippen LogP contribution in [0.2, 0.25) is 0 Å². The Kier molecular flexibility index (Phi) is 6.47. The molecule has 2 aliphatic heterocycles. The van der Waals surface area contributed by atoms with Gasteiger partial charge in [-0.15, -0.1) is 0 Å². The highest BCUT2D eigenvalue weighted by Crippen LogP contribution is 2.33. The van der Waals surface area contributed by atoms with Gasteiger partial charge in [-0.05, 0) is 24.0 Å². The molecular weight excluding hydrogens is 412 g/mol. The molecule has 3 fully saturated rings. The van der Waals surface area contributed by atoms with E-state index in [1.54, 1.807) is 0 Å². The maximum Gasteiger partial charge on any atom is 0.326 e. The standard InChI is InChI=1S/C27H34N4O2/c32-25-27(15-9-1-2-10-16-27)28-26(33)31(25)21-29-17-19-30(20-18-29)24(22-11-5-3-6-12-22)23-13-7-4-8-14-23/h3-8,11-14,24H,1-2,9-10,15-21H2,(H,28,33). The Morgan fingerprint density at radius 2 is 1.30 bits per heavy atom. The van der Waals surface area contributed by atoms with Crippen molar-refractivity contribution in [3.63, 3.8) is 0 Å². The molecule has 0 unspecified atom stereocenters. The number of amides is 3. The zero-order valence-corrected chi connectivity index (χ0v) is 19.3. The molecule has 174 valence electrons. The van der Waals surface area contributed by atoms with Crippen LogP contribution < -0.4 is 5.32 Å². The minimum absolute atomic E-state index is 0.0109. The normalized spacial score (nSPS) is 22.0. The number of piperazine rings is 1. The summed E-state index contributed by atoms with van der Waals surface area (Å²) in [5.41, 5.74) is 1.93. The van der Waals surface area contributed by atoms with Gasteiger partial charge in [0.15, 0.2) is 0 Å². The second-order valence-electron chi connectivity index (χ2n) is 9.68. The van der Waals surface area contributed by atoms with Crippen LogP contribution in [0.5, 0.6) is 0 Å². The third kappa shape index (κ3) is 4.55. The summed E-state index contributed by atoms with van der Waals surface area (Å²) < 4.78 is 0. The molecule has 33 heavy (non-hydrogen) atoms. The maximum absolute atomic E-state index is 13.3. The summed E-state index contributed by atoms with van der Waals surface area (Å²) in [6, 6.07) is 21.3. The first-order chi connectivity index (χ1) is 16.2. The smallest absolute Gasteiger partial charge is 0.323 e. The van der Waals surface area contributed by atoms with Gasteiger partial charge in [0.2, 0.25) is 0 Å². The molecule has 2 aromatic rings. The van der Waals surface area contributed by atoms with E-state index in [-0.39, 0.29) is 18.0 Å². The molecule has 5 rings (SSSR count). The zero-order valence-electron chi connectivity index (χ0n) is 19.3. The van der Waals surface area contributed by atoms with Gasteiger partial charge in [0, 0.05) is 26.2 Å². The Morgan fingerprint density at radius 3 is 1.85 bits per heavy atom. The van der Waals surface area contributed by atoms with Crippen molar-refractivity contribution < 1.29 is 9.59 Å². The van der Waals surface area contributed by atoms with Crippen molar-refractivity contribution in [3.8, 4) is 0 Å². The molecule has 2 aromatic carbocycles. The second-order valence-corrected chi connectivity index (χ2v) is 9.68. The molecule has 1 saturated carbocycles. The Balaban J connectivity index is 1.25. The van der Waals surface area contributed by atoms with Crippen molar-refractivity contribution >= 4 is 11.9 Å². The summed E-state index contributed by atoms with van der Waals surface area (Å²) in [6.07, 6.45) is 5.88.